The molecule has 0 bridgehead atoms. The first kappa shape index (κ1) is 28.0. The number of amides is 1. The number of aromatic amines is 1. The zero-order valence-corrected chi connectivity index (χ0v) is 23.9. The Morgan fingerprint density at radius 1 is 1.13 bits per heavy atom. The van der Waals surface area contributed by atoms with Gasteiger partial charge >= 0.3 is 0 Å². The molecule has 2 aliphatic rings. The van der Waals surface area contributed by atoms with E-state index in [-0.39, 0.29) is 24.1 Å². The fraction of sp³-hybridized carbons (Fsp3) is 0.462. The van der Waals surface area contributed by atoms with Crippen molar-refractivity contribution in [3.05, 3.63) is 75.5 Å². The summed E-state index contributed by atoms with van der Waals surface area (Å²) < 4.78 is 34.0. The third-order valence-electron chi connectivity index (χ3n) is 7.30. The number of halogens is 2. The maximum atomic E-state index is 14.2. The lowest BCUT2D eigenvalue weighted by molar-refractivity contribution is -0.179. The molecule has 1 saturated heterocycles. The van der Waals surface area contributed by atoms with Crippen LogP contribution in [0.25, 0.3) is 0 Å². The molecular weight excluding hydrogens is 563 g/mol. The first-order valence-corrected chi connectivity index (χ1v) is 15.1. The van der Waals surface area contributed by atoms with Gasteiger partial charge in [-0.05, 0) is 65.1 Å². The molecule has 1 aliphatic carbocycles. The number of carbonyl (C=O) groups is 1. The number of ether oxygens (including phenoxy) is 1. The van der Waals surface area contributed by atoms with Gasteiger partial charge in [-0.25, -0.2) is 17.8 Å². The van der Waals surface area contributed by atoms with Gasteiger partial charge in [-0.1, -0.05) is 54.4 Å². The monoisotopic (exact) mass is 592 g/mol. The predicted octanol–water partition coefficient (Wildman–Crippen LogP) is 3.96. The standard InChI is InChI=1S/C26H30Cl2N6O4S/c1-3-20(15-33(2)39(36,37)21-11-12-21)34-24(16-7-9-18(27)10-8-16)25(17-5-4-6-19(28)13-17)38-22(26(34)35)14-23-29-31-32-30-23/h4-10,13,20-22,24-25H,3,11-12,14-15H2,1-2H3,(H,29,30,31,32)/t20-,22-,24+,25+/m0/s1. The van der Waals surface area contributed by atoms with Crippen molar-refractivity contribution < 1.29 is 17.9 Å². The van der Waals surface area contributed by atoms with Crippen molar-refractivity contribution in [2.45, 2.75) is 62.1 Å². The van der Waals surface area contributed by atoms with Gasteiger partial charge in [-0.15, -0.1) is 5.10 Å². The lowest BCUT2D eigenvalue weighted by Gasteiger charge is -2.48. The first-order chi connectivity index (χ1) is 18.7. The average molecular weight is 594 g/mol. The van der Waals surface area contributed by atoms with Crippen molar-refractivity contribution in [1.82, 2.24) is 29.8 Å². The maximum Gasteiger partial charge on any atom is 0.253 e. The molecule has 2 heterocycles. The number of hydrogen-bond donors (Lipinski definition) is 1. The predicted molar refractivity (Wildman–Crippen MR) is 147 cm³/mol. The maximum absolute atomic E-state index is 14.2. The molecule has 1 amide bonds. The van der Waals surface area contributed by atoms with Crippen LogP contribution in [0.15, 0.2) is 48.5 Å². The number of hydrogen-bond acceptors (Lipinski definition) is 7. The Balaban J connectivity index is 1.59. The van der Waals surface area contributed by atoms with Crippen LogP contribution in [-0.2, 0) is 26.0 Å². The quantitative estimate of drug-likeness (QED) is 0.378. The Morgan fingerprint density at radius 3 is 2.49 bits per heavy atom. The first-order valence-electron chi connectivity index (χ1n) is 12.8. The summed E-state index contributed by atoms with van der Waals surface area (Å²) in [6.07, 6.45) is 0.461. The molecule has 0 radical (unpaired) electrons. The van der Waals surface area contributed by atoms with Crippen molar-refractivity contribution >= 4 is 39.1 Å². The molecule has 3 aromatic rings. The van der Waals surface area contributed by atoms with E-state index in [1.807, 2.05) is 37.3 Å². The number of carbonyl (C=O) groups excluding carboxylic acids is 1. The minimum absolute atomic E-state index is 0.124. The van der Waals surface area contributed by atoms with Gasteiger partial charge in [0.2, 0.25) is 10.0 Å². The highest BCUT2D eigenvalue weighted by Crippen LogP contribution is 2.45. The van der Waals surface area contributed by atoms with E-state index in [1.54, 1.807) is 30.1 Å². The highest BCUT2D eigenvalue weighted by atomic mass is 35.5. The summed E-state index contributed by atoms with van der Waals surface area (Å²) in [6.45, 7) is 2.11. The Morgan fingerprint density at radius 2 is 1.87 bits per heavy atom. The highest BCUT2D eigenvalue weighted by Gasteiger charge is 2.48. The smallest absolute Gasteiger partial charge is 0.253 e. The lowest BCUT2D eigenvalue weighted by atomic mass is 9.89. The molecule has 208 valence electrons. The van der Waals surface area contributed by atoms with Gasteiger partial charge in [0.05, 0.1) is 11.3 Å². The molecule has 13 heteroatoms. The molecule has 1 N–H and O–H groups in total. The number of sulfonamides is 1. The summed E-state index contributed by atoms with van der Waals surface area (Å²) in [5.74, 6) is 0.137. The molecule has 2 fully saturated rings. The van der Waals surface area contributed by atoms with Gasteiger partial charge in [0.25, 0.3) is 5.91 Å². The van der Waals surface area contributed by atoms with E-state index < -0.39 is 34.3 Å². The van der Waals surface area contributed by atoms with E-state index >= 15 is 0 Å². The van der Waals surface area contributed by atoms with Gasteiger partial charge in [0.1, 0.15) is 12.2 Å². The third kappa shape index (κ3) is 5.97. The summed E-state index contributed by atoms with van der Waals surface area (Å²) in [5, 5.41) is 14.7. The summed E-state index contributed by atoms with van der Waals surface area (Å²) in [4.78, 5) is 16.0. The number of nitrogens with zero attached hydrogens (tertiary/aromatic N) is 5. The Kier molecular flexibility index (Phi) is 8.25. The van der Waals surface area contributed by atoms with E-state index in [0.29, 0.717) is 35.1 Å². The van der Waals surface area contributed by atoms with Gasteiger partial charge in [0, 0.05) is 36.1 Å². The van der Waals surface area contributed by atoms with Crippen molar-refractivity contribution in [2.75, 3.05) is 13.6 Å². The minimum atomic E-state index is -3.44. The van der Waals surface area contributed by atoms with Crippen LogP contribution in [0.1, 0.15) is 55.3 Å². The summed E-state index contributed by atoms with van der Waals surface area (Å²) >= 11 is 12.6. The van der Waals surface area contributed by atoms with E-state index in [0.717, 1.165) is 11.1 Å². The zero-order valence-electron chi connectivity index (χ0n) is 21.6. The number of rotatable bonds is 10. The topological polar surface area (TPSA) is 121 Å². The molecule has 0 spiro atoms. The second-order valence-corrected chi connectivity index (χ2v) is 13.2. The molecule has 1 aliphatic heterocycles. The van der Waals surface area contributed by atoms with E-state index in [2.05, 4.69) is 20.6 Å². The average Bonchev–Trinajstić information content (AvgIpc) is 3.66. The molecule has 10 nitrogen and oxygen atoms in total. The zero-order chi connectivity index (χ0) is 27.7. The second kappa shape index (κ2) is 11.5. The van der Waals surface area contributed by atoms with Crippen LogP contribution in [-0.4, -0.2) is 75.1 Å². The van der Waals surface area contributed by atoms with Crippen LogP contribution in [0.5, 0.6) is 0 Å². The van der Waals surface area contributed by atoms with Crippen molar-refractivity contribution in [2.24, 2.45) is 0 Å². The molecule has 1 saturated carbocycles. The van der Waals surface area contributed by atoms with Gasteiger partial charge < -0.3 is 9.64 Å². The Bertz CT molecular complexity index is 1400. The summed E-state index contributed by atoms with van der Waals surface area (Å²) in [5.41, 5.74) is 1.60. The molecule has 1 aromatic heterocycles. The molecular formula is C26H30Cl2N6O4S. The highest BCUT2D eigenvalue weighted by molar-refractivity contribution is 7.90. The molecule has 4 atom stereocenters. The van der Waals surface area contributed by atoms with Gasteiger partial charge in [-0.3, -0.25) is 4.79 Å². The van der Waals surface area contributed by atoms with Crippen molar-refractivity contribution in [3.8, 4) is 0 Å². The number of morpholine rings is 1. The van der Waals surface area contributed by atoms with Crippen molar-refractivity contribution in [3.63, 3.8) is 0 Å². The second-order valence-electron chi connectivity index (χ2n) is 9.98. The Hall–Kier alpha value is -2.57. The van der Waals surface area contributed by atoms with E-state index in [1.165, 1.54) is 4.31 Å². The van der Waals surface area contributed by atoms with Gasteiger partial charge in [0.15, 0.2) is 5.82 Å². The Labute approximate surface area is 237 Å². The third-order valence-corrected chi connectivity index (χ3v) is 10.1. The number of benzene rings is 2. The number of nitrogens with one attached hydrogen (secondary N) is 1. The minimum Gasteiger partial charge on any atom is -0.357 e. The SMILES string of the molecule is CC[C@@H](CN(C)S(=O)(=O)C1CC1)N1C(=O)[C@H](Cc2nnn[nH]2)O[C@H](c2cccc(Cl)c2)[C@H]1c1ccc(Cl)cc1. The van der Waals surface area contributed by atoms with Crippen molar-refractivity contribution in [1.29, 1.82) is 0 Å². The van der Waals surface area contributed by atoms with Crippen LogP contribution in [0.4, 0.5) is 0 Å². The fourth-order valence-corrected chi connectivity index (χ4v) is 7.06. The summed E-state index contributed by atoms with van der Waals surface area (Å²) in [7, 11) is -1.86. The number of aromatic nitrogens is 4. The molecule has 0 unspecified atom stereocenters. The van der Waals surface area contributed by atoms with Crippen LogP contribution < -0.4 is 0 Å². The largest absolute Gasteiger partial charge is 0.357 e. The molecule has 2 aromatic carbocycles. The van der Waals surface area contributed by atoms with Gasteiger partial charge in [-0.2, -0.15) is 0 Å². The van der Waals surface area contributed by atoms with E-state index in [9.17, 15) is 13.2 Å². The lowest BCUT2D eigenvalue weighted by Crippen LogP contribution is -2.57. The van der Waals surface area contributed by atoms with E-state index in [4.69, 9.17) is 27.9 Å². The molecule has 39 heavy (non-hydrogen) atoms. The fourth-order valence-electron chi connectivity index (χ4n) is 5.12. The van der Waals surface area contributed by atoms with Crippen LogP contribution in [0.2, 0.25) is 10.0 Å². The summed E-state index contributed by atoms with van der Waals surface area (Å²) in [6, 6.07) is 13.6. The molecule has 5 rings (SSSR count). The number of tetrazole rings is 1. The number of H-pyrrole nitrogens is 1. The van der Waals surface area contributed by atoms with Crippen LogP contribution >= 0.6 is 23.2 Å². The van der Waals surface area contributed by atoms with Crippen LogP contribution in [0, 0.1) is 0 Å². The number of likely N-dealkylation sites (N-methyl/N-ethyl adjacent to an activating group) is 1. The normalized spacial score (nSPS) is 22.8. The van der Waals surface area contributed by atoms with Crippen LogP contribution in [0.3, 0.4) is 0 Å².